The number of hydrogen-bond donors (Lipinski definition) is 0. The van der Waals surface area contributed by atoms with Gasteiger partial charge in [-0.05, 0) is 19.1 Å². The highest BCUT2D eigenvalue weighted by Gasteiger charge is 2.43. The van der Waals surface area contributed by atoms with Gasteiger partial charge >= 0.3 is 0 Å². The second-order valence-corrected chi connectivity index (χ2v) is 4.28. The highest BCUT2D eigenvalue weighted by atomic mass is 79.9. The first-order valence-corrected chi connectivity index (χ1v) is 4.93. The van der Waals surface area contributed by atoms with Crippen molar-refractivity contribution < 1.29 is 9.47 Å². The molecule has 0 bridgehead atoms. The lowest BCUT2D eigenvalue weighted by Crippen LogP contribution is -2.04. The zero-order valence-electron chi connectivity index (χ0n) is 7.63. The van der Waals surface area contributed by atoms with Gasteiger partial charge in [0.2, 0.25) is 0 Å². The van der Waals surface area contributed by atoms with Gasteiger partial charge in [0, 0.05) is 10.0 Å². The number of ether oxygens (including phenoxy) is 2. The lowest BCUT2D eigenvalue weighted by atomic mass is 10.0. The summed E-state index contributed by atoms with van der Waals surface area (Å²) in [5.74, 6) is 0.884. The van der Waals surface area contributed by atoms with Crippen LogP contribution in [0, 0.1) is 0 Å². The summed E-state index contributed by atoms with van der Waals surface area (Å²) in [5, 5.41) is 0. The SMILES string of the molecule is COc1cc(Br)ccc1C1(C)CO1. The van der Waals surface area contributed by atoms with E-state index in [1.165, 1.54) is 0 Å². The maximum atomic E-state index is 5.37. The van der Waals surface area contributed by atoms with Crippen LogP contribution in [0.15, 0.2) is 22.7 Å². The predicted molar refractivity (Wildman–Crippen MR) is 54.0 cm³/mol. The van der Waals surface area contributed by atoms with Gasteiger partial charge in [-0.15, -0.1) is 0 Å². The molecule has 0 N–H and O–H groups in total. The Morgan fingerprint density at radius 2 is 2.23 bits per heavy atom. The normalized spacial score (nSPS) is 25.8. The molecule has 3 heteroatoms. The van der Waals surface area contributed by atoms with Gasteiger partial charge < -0.3 is 9.47 Å². The summed E-state index contributed by atoms with van der Waals surface area (Å²) < 4.78 is 11.7. The summed E-state index contributed by atoms with van der Waals surface area (Å²) >= 11 is 3.40. The average molecular weight is 243 g/mol. The van der Waals surface area contributed by atoms with Gasteiger partial charge in [0.1, 0.15) is 11.4 Å². The average Bonchev–Trinajstić information content (AvgIpc) is 2.84. The monoisotopic (exact) mass is 242 g/mol. The van der Waals surface area contributed by atoms with E-state index in [1.54, 1.807) is 7.11 Å². The van der Waals surface area contributed by atoms with Gasteiger partial charge in [-0.25, -0.2) is 0 Å². The summed E-state index contributed by atoms with van der Waals surface area (Å²) in [7, 11) is 1.68. The van der Waals surface area contributed by atoms with Crippen LogP contribution in [0.1, 0.15) is 12.5 Å². The van der Waals surface area contributed by atoms with E-state index >= 15 is 0 Å². The molecule has 1 atom stereocenters. The lowest BCUT2D eigenvalue weighted by Gasteiger charge is -2.11. The van der Waals surface area contributed by atoms with E-state index in [0.29, 0.717) is 0 Å². The number of halogens is 1. The maximum absolute atomic E-state index is 5.37. The fourth-order valence-corrected chi connectivity index (χ4v) is 1.71. The molecular weight excluding hydrogens is 232 g/mol. The Balaban J connectivity index is 2.45. The molecule has 0 aromatic heterocycles. The number of rotatable bonds is 2. The number of epoxide rings is 1. The molecule has 1 unspecified atom stereocenters. The summed E-state index contributed by atoms with van der Waals surface area (Å²) in [6, 6.07) is 6.00. The summed E-state index contributed by atoms with van der Waals surface area (Å²) in [5.41, 5.74) is 1.00. The summed E-state index contributed by atoms with van der Waals surface area (Å²) in [4.78, 5) is 0. The van der Waals surface area contributed by atoms with Crippen molar-refractivity contribution in [3.8, 4) is 5.75 Å². The molecule has 1 saturated heterocycles. The van der Waals surface area contributed by atoms with E-state index in [9.17, 15) is 0 Å². The Hall–Kier alpha value is -0.540. The van der Waals surface area contributed by atoms with Gasteiger partial charge in [0.25, 0.3) is 0 Å². The van der Waals surface area contributed by atoms with Crippen molar-refractivity contribution in [2.45, 2.75) is 12.5 Å². The highest BCUT2D eigenvalue weighted by Crippen LogP contribution is 2.43. The third kappa shape index (κ3) is 1.58. The summed E-state index contributed by atoms with van der Waals surface area (Å²) in [6.45, 7) is 2.85. The third-order valence-corrected chi connectivity index (χ3v) is 2.80. The fraction of sp³-hybridized carbons (Fsp3) is 0.400. The molecule has 1 aliphatic rings. The van der Waals surface area contributed by atoms with Crippen molar-refractivity contribution >= 4 is 15.9 Å². The van der Waals surface area contributed by atoms with Crippen LogP contribution in [0.5, 0.6) is 5.75 Å². The van der Waals surface area contributed by atoms with Gasteiger partial charge in [-0.1, -0.05) is 22.0 Å². The molecule has 0 radical (unpaired) electrons. The minimum absolute atomic E-state index is 0.119. The molecular formula is C10H11BrO2. The van der Waals surface area contributed by atoms with Crippen molar-refractivity contribution in [3.63, 3.8) is 0 Å². The van der Waals surface area contributed by atoms with E-state index in [2.05, 4.69) is 22.9 Å². The van der Waals surface area contributed by atoms with E-state index < -0.39 is 0 Å². The van der Waals surface area contributed by atoms with Gasteiger partial charge in [-0.2, -0.15) is 0 Å². The van der Waals surface area contributed by atoms with Crippen LogP contribution in [0.3, 0.4) is 0 Å². The fourth-order valence-electron chi connectivity index (χ4n) is 1.37. The summed E-state index contributed by atoms with van der Waals surface area (Å²) in [6.07, 6.45) is 0. The van der Waals surface area contributed by atoms with Crippen LogP contribution in [-0.2, 0) is 10.3 Å². The molecule has 70 valence electrons. The molecule has 2 rings (SSSR count). The van der Waals surface area contributed by atoms with Crippen LogP contribution in [0.2, 0.25) is 0 Å². The number of methoxy groups -OCH3 is 1. The van der Waals surface area contributed by atoms with Crippen molar-refractivity contribution in [1.29, 1.82) is 0 Å². The Labute approximate surface area is 86.0 Å². The molecule has 1 fully saturated rings. The molecule has 1 aromatic rings. The van der Waals surface area contributed by atoms with E-state index in [0.717, 1.165) is 22.4 Å². The van der Waals surface area contributed by atoms with E-state index in [1.807, 2.05) is 18.2 Å². The molecule has 1 aliphatic heterocycles. The van der Waals surface area contributed by atoms with Crippen LogP contribution < -0.4 is 4.74 Å². The van der Waals surface area contributed by atoms with E-state index in [4.69, 9.17) is 9.47 Å². The Morgan fingerprint density at radius 3 is 2.77 bits per heavy atom. The topological polar surface area (TPSA) is 21.8 Å². The standard InChI is InChI=1S/C10H11BrO2/c1-10(6-13-10)8-4-3-7(11)5-9(8)12-2/h3-5H,6H2,1-2H3. The smallest absolute Gasteiger partial charge is 0.126 e. The van der Waals surface area contributed by atoms with Crippen molar-refractivity contribution in [3.05, 3.63) is 28.2 Å². The molecule has 1 aromatic carbocycles. The van der Waals surface area contributed by atoms with Crippen molar-refractivity contribution in [2.24, 2.45) is 0 Å². The number of benzene rings is 1. The lowest BCUT2D eigenvalue weighted by molar-refractivity contribution is 0.316. The zero-order valence-corrected chi connectivity index (χ0v) is 9.22. The molecule has 0 saturated carbocycles. The van der Waals surface area contributed by atoms with Crippen LogP contribution in [-0.4, -0.2) is 13.7 Å². The van der Waals surface area contributed by atoms with Gasteiger partial charge in [-0.3, -0.25) is 0 Å². The third-order valence-electron chi connectivity index (χ3n) is 2.31. The van der Waals surface area contributed by atoms with Crippen LogP contribution in [0.4, 0.5) is 0 Å². The van der Waals surface area contributed by atoms with Crippen LogP contribution >= 0.6 is 15.9 Å². The van der Waals surface area contributed by atoms with Crippen molar-refractivity contribution in [2.75, 3.05) is 13.7 Å². The highest BCUT2D eigenvalue weighted by molar-refractivity contribution is 9.10. The number of hydrogen-bond acceptors (Lipinski definition) is 2. The second-order valence-electron chi connectivity index (χ2n) is 3.36. The predicted octanol–water partition coefficient (Wildman–Crippen LogP) is 2.70. The molecule has 0 spiro atoms. The maximum Gasteiger partial charge on any atom is 0.126 e. The first-order chi connectivity index (χ1) is 6.15. The first kappa shape index (κ1) is 9.03. The Kier molecular flexibility index (Phi) is 2.08. The Morgan fingerprint density at radius 1 is 1.54 bits per heavy atom. The Bertz CT molecular complexity index is 332. The van der Waals surface area contributed by atoms with Gasteiger partial charge in [0.05, 0.1) is 13.7 Å². The molecule has 2 nitrogen and oxygen atoms in total. The van der Waals surface area contributed by atoms with E-state index in [-0.39, 0.29) is 5.60 Å². The molecule has 13 heavy (non-hydrogen) atoms. The quantitative estimate of drug-likeness (QED) is 0.745. The van der Waals surface area contributed by atoms with Crippen molar-refractivity contribution in [1.82, 2.24) is 0 Å². The largest absolute Gasteiger partial charge is 0.496 e. The zero-order chi connectivity index (χ0) is 9.47. The van der Waals surface area contributed by atoms with Crippen LogP contribution in [0.25, 0.3) is 0 Å². The molecule has 0 amide bonds. The first-order valence-electron chi connectivity index (χ1n) is 4.14. The minimum Gasteiger partial charge on any atom is -0.496 e. The second kappa shape index (κ2) is 3.00. The molecule has 0 aliphatic carbocycles. The molecule has 1 heterocycles. The minimum atomic E-state index is -0.119. The van der Waals surface area contributed by atoms with Gasteiger partial charge in [0.15, 0.2) is 0 Å².